The van der Waals surface area contributed by atoms with E-state index in [9.17, 15) is 17.6 Å². The lowest BCUT2D eigenvalue weighted by Gasteiger charge is -2.15. The van der Waals surface area contributed by atoms with Crippen molar-refractivity contribution in [1.82, 2.24) is 0 Å². The first kappa shape index (κ1) is 10.3. The lowest BCUT2D eigenvalue weighted by Crippen LogP contribution is -2.31. The first-order valence-electron chi connectivity index (χ1n) is 1.98. The summed E-state index contributed by atoms with van der Waals surface area (Å²) in [7, 11) is 0. The molecule has 10 heavy (non-hydrogen) atoms. The van der Waals surface area contributed by atoms with Crippen LogP contribution in [0.2, 0.25) is 0 Å². The van der Waals surface area contributed by atoms with Crippen LogP contribution in [0.15, 0.2) is 0 Å². The molecule has 0 N–H and O–H groups in total. The highest BCUT2D eigenvalue weighted by atomic mass is 35.5. The van der Waals surface area contributed by atoms with Crippen LogP contribution in [0.1, 0.15) is 0 Å². The Hall–Kier alpha value is 0.260. The van der Waals surface area contributed by atoms with E-state index in [2.05, 4.69) is 27.9 Å². The van der Waals surface area contributed by atoms with E-state index in [0.717, 1.165) is 0 Å². The van der Waals surface area contributed by atoms with Gasteiger partial charge in [-0.15, -0.1) is 0 Å². The number of halogens is 6. The molecule has 0 aliphatic rings. The summed E-state index contributed by atoms with van der Waals surface area (Å²) in [5.74, 6) is -2.77. The molecule has 0 rings (SSSR count). The number of rotatable bonds is 3. The van der Waals surface area contributed by atoms with Gasteiger partial charge in [0, 0.05) is 0 Å². The highest BCUT2D eigenvalue weighted by Crippen LogP contribution is 2.28. The summed E-state index contributed by atoms with van der Waals surface area (Å²) in [5.41, 5.74) is -3.11. The van der Waals surface area contributed by atoms with Crippen molar-refractivity contribution < 1.29 is 22.3 Å². The zero-order chi connectivity index (χ0) is 8.36. The summed E-state index contributed by atoms with van der Waals surface area (Å²) in [5, 5.41) is 0. The normalized spacial score (nSPS) is 18.6. The molecule has 0 saturated heterocycles. The maximum absolute atomic E-state index is 11.7. The van der Waals surface area contributed by atoms with Crippen molar-refractivity contribution in [3.8, 4) is 0 Å². The van der Waals surface area contributed by atoms with E-state index in [1.54, 1.807) is 0 Å². The summed E-state index contributed by atoms with van der Waals surface area (Å²) < 4.78 is 49.3. The predicted octanol–water partition coefficient (Wildman–Crippen LogP) is 2.62. The zero-order valence-corrected chi connectivity index (χ0v) is 5.84. The molecule has 0 fully saturated rings. The first-order valence-corrected chi connectivity index (χ1v) is 2.85. The molecule has 0 saturated carbocycles. The first-order chi connectivity index (χ1) is 4.36. The van der Waals surface area contributed by atoms with E-state index in [0.29, 0.717) is 0 Å². The van der Waals surface area contributed by atoms with Crippen LogP contribution in [-0.2, 0) is 4.74 Å². The summed E-state index contributed by atoms with van der Waals surface area (Å²) in [6.07, 6.45) is -4.39. The minimum absolute atomic E-state index is 2.77. The van der Waals surface area contributed by atoms with Gasteiger partial charge in [0.25, 0.3) is 11.4 Å². The zero-order valence-electron chi connectivity index (χ0n) is 4.33. The maximum Gasteiger partial charge on any atom is 0.404 e. The van der Waals surface area contributed by atoms with Crippen LogP contribution < -0.4 is 0 Å². The molecule has 0 aromatic carbocycles. The van der Waals surface area contributed by atoms with Crippen LogP contribution in [0, 0.1) is 0 Å². The van der Waals surface area contributed by atoms with Crippen LogP contribution in [0.5, 0.6) is 0 Å². The van der Waals surface area contributed by atoms with Gasteiger partial charge in [-0.1, -0.05) is 23.2 Å². The summed E-state index contributed by atoms with van der Waals surface area (Å²) in [6, 6.07) is 0. The largest absolute Gasteiger partial charge is 0.404 e. The number of hydrogen-bond acceptors (Lipinski definition) is 1. The Kier molecular flexibility index (Phi) is 3.69. The molecule has 0 spiro atoms. The monoisotopic (exact) mass is 200 g/mol. The third kappa shape index (κ3) is 3.43. The van der Waals surface area contributed by atoms with Gasteiger partial charge in [0.2, 0.25) is 0 Å². The van der Waals surface area contributed by atoms with Gasteiger partial charge in [-0.25, -0.2) is 4.39 Å². The van der Waals surface area contributed by atoms with Crippen molar-refractivity contribution in [3.63, 3.8) is 0 Å². The van der Waals surface area contributed by atoms with Gasteiger partial charge in [-0.3, -0.25) is 4.74 Å². The van der Waals surface area contributed by atoms with Crippen molar-refractivity contribution in [1.29, 1.82) is 0 Å². The lowest BCUT2D eigenvalue weighted by atomic mass is 10.7. The van der Waals surface area contributed by atoms with Crippen molar-refractivity contribution in [2.45, 2.75) is 17.6 Å². The van der Waals surface area contributed by atoms with Gasteiger partial charge in [0.15, 0.2) is 0 Å². The van der Waals surface area contributed by atoms with Gasteiger partial charge in [0.1, 0.15) is 0 Å². The van der Waals surface area contributed by atoms with Gasteiger partial charge in [0.05, 0.1) is 0 Å². The summed E-state index contributed by atoms with van der Waals surface area (Å²) in [4.78, 5) is 0. The third-order valence-electron chi connectivity index (χ3n) is 0.500. The Balaban J connectivity index is 3.87. The fourth-order valence-corrected chi connectivity index (χ4v) is 0.340. The molecule has 62 valence electrons. The second kappa shape index (κ2) is 3.59. The molecule has 2 atom stereocenters. The molecule has 0 bridgehead atoms. The van der Waals surface area contributed by atoms with Crippen LogP contribution >= 0.6 is 23.2 Å². The Morgan fingerprint density at radius 1 is 1.20 bits per heavy atom. The average molecular weight is 201 g/mol. The number of hydrogen-bond donors (Lipinski definition) is 0. The van der Waals surface area contributed by atoms with E-state index in [1.165, 1.54) is 0 Å². The smallest absolute Gasteiger partial charge is 0.268 e. The number of ether oxygens (including phenoxy) is 1. The van der Waals surface area contributed by atoms with Crippen molar-refractivity contribution in [2.75, 3.05) is 0 Å². The highest BCUT2D eigenvalue weighted by Gasteiger charge is 2.42. The molecule has 0 heterocycles. The Morgan fingerprint density at radius 2 is 1.60 bits per heavy atom. The molecular weight excluding hydrogens is 199 g/mol. The third-order valence-corrected chi connectivity index (χ3v) is 0.843. The van der Waals surface area contributed by atoms with Crippen LogP contribution in [0.25, 0.3) is 0 Å². The van der Waals surface area contributed by atoms with Gasteiger partial charge >= 0.3 is 6.11 Å². The van der Waals surface area contributed by atoms with Crippen LogP contribution in [-0.4, -0.2) is 17.6 Å². The van der Waals surface area contributed by atoms with Crippen LogP contribution in [0.4, 0.5) is 17.6 Å². The van der Waals surface area contributed by atoms with Crippen molar-refractivity contribution >= 4 is 23.2 Å². The molecule has 1 nitrogen and oxygen atoms in total. The van der Waals surface area contributed by atoms with E-state index < -0.39 is 17.6 Å². The quantitative estimate of drug-likeness (QED) is 0.503. The molecule has 0 radical (unpaired) electrons. The molecule has 0 aromatic rings. The van der Waals surface area contributed by atoms with Crippen LogP contribution in [0.3, 0.4) is 0 Å². The van der Waals surface area contributed by atoms with E-state index in [-0.39, 0.29) is 0 Å². The lowest BCUT2D eigenvalue weighted by molar-refractivity contribution is -0.283. The molecule has 2 unspecified atom stereocenters. The standard InChI is InChI=1S/C3H2Cl2F4O/c4-1(6)3(8,9)10-2(5)7/h1-2H. The van der Waals surface area contributed by atoms with Gasteiger partial charge < -0.3 is 0 Å². The van der Waals surface area contributed by atoms with E-state index >= 15 is 0 Å². The second-order valence-electron chi connectivity index (χ2n) is 1.24. The molecule has 7 heteroatoms. The van der Waals surface area contributed by atoms with E-state index in [4.69, 9.17) is 0 Å². The topological polar surface area (TPSA) is 9.23 Å². The predicted molar refractivity (Wildman–Crippen MR) is 27.5 cm³/mol. The second-order valence-corrected chi connectivity index (χ2v) is 1.97. The minimum Gasteiger partial charge on any atom is -0.268 e. The molecular formula is C3H2Cl2F4O. The highest BCUT2D eigenvalue weighted by molar-refractivity contribution is 6.20. The molecule has 0 aliphatic carbocycles. The fourth-order valence-electron chi connectivity index (χ4n) is 0.170. The van der Waals surface area contributed by atoms with Crippen molar-refractivity contribution in [2.24, 2.45) is 0 Å². The van der Waals surface area contributed by atoms with Gasteiger partial charge in [-0.05, 0) is 0 Å². The molecule has 0 amide bonds. The number of alkyl halides is 6. The SMILES string of the molecule is FC(Cl)OC(F)(F)C(F)Cl. The molecule has 0 aromatic heterocycles. The average Bonchev–Trinajstić information content (AvgIpc) is 1.60. The minimum atomic E-state index is -4.39. The van der Waals surface area contributed by atoms with Gasteiger partial charge in [-0.2, -0.15) is 13.2 Å². The fraction of sp³-hybridized carbons (Fsp3) is 1.00. The van der Waals surface area contributed by atoms with E-state index in [1.807, 2.05) is 0 Å². The van der Waals surface area contributed by atoms with Crippen molar-refractivity contribution in [3.05, 3.63) is 0 Å². The Bertz CT molecular complexity index is 107. The molecule has 0 aliphatic heterocycles. The summed E-state index contributed by atoms with van der Waals surface area (Å²) >= 11 is 8.56. The summed E-state index contributed by atoms with van der Waals surface area (Å²) in [6.45, 7) is 0. The maximum atomic E-state index is 11.7. The Morgan fingerprint density at radius 3 is 1.70 bits per heavy atom. The Labute approximate surface area is 63.9 Å².